The van der Waals surface area contributed by atoms with Crippen molar-refractivity contribution in [1.82, 2.24) is 4.90 Å². The van der Waals surface area contributed by atoms with Gasteiger partial charge in [0, 0.05) is 6.07 Å². The highest BCUT2D eigenvalue weighted by Crippen LogP contribution is 2.30. The molecule has 1 aliphatic rings. The Balaban J connectivity index is 1.52. The van der Waals surface area contributed by atoms with Crippen LogP contribution in [0.3, 0.4) is 0 Å². The molecular formula is C21H25N3O4. The third-order valence-electron chi connectivity index (χ3n) is 5.36. The average molecular weight is 383 g/mol. The van der Waals surface area contributed by atoms with E-state index in [9.17, 15) is 20.0 Å². The lowest BCUT2D eigenvalue weighted by molar-refractivity contribution is -0.385. The van der Waals surface area contributed by atoms with Crippen LogP contribution in [0.4, 0.5) is 11.4 Å². The van der Waals surface area contributed by atoms with Gasteiger partial charge in [0.15, 0.2) is 0 Å². The van der Waals surface area contributed by atoms with Gasteiger partial charge in [-0.1, -0.05) is 36.4 Å². The molecule has 1 aliphatic heterocycles. The number of anilines is 1. The molecule has 28 heavy (non-hydrogen) atoms. The fourth-order valence-electron chi connectivity index (χ4n) is 3.70. The minimum Gasteiger partial charge on any atom is -0.388 e. The first kappa shape index (κ1) is 20.0. The van der Waals surface area contributed by atoms with Crippen LogP contribution in [0.1, 0.15) is 30.1 Å². The summed E-state index contributed by atoms with van der Waals surface area (Å²) in [6, 6.07) is 14.3. The largest absolute Gasteiger partial charge is 0.388 e. The van der Waals surface area contributed by atoms with Gasteiger partial charge in [-0.25, -0.2) is 0 Å². The number of amides is 1. The number of carbonyl (C=O) groups excluding carboxylic acids is 1. The van der Waals surface area contributed by atoms with Crippen molar-refractivity contribution in [1.29, 1.82) is 0 Å². The van der Waals surface area contributed by atoms with Crippen LogP contribution in [0.15, 0.2) is 48.5 Å². The first-order valence-electron chi connectivity index (χ1n) is 9.45. The van der Waals surface area contributed by atoms with E-state index >= 15 is 0 Å². The Morgan fingerprint density at radius 2 is 1.89 bits per heavy atom. The summed E-state index contributed by atoms with van der Waals surface area (Å²) in [6.07, 6.45) is 1.16. The van der Waals surface area contributed by atoms with Gasteiger partial charge in [0.2, 0.25) is 5.91 Å². The SMILES string of the molecule is Cc1c(NC(=O)CN2CCC(C(O)c3ccccc3)CC2)cccc1[N+](=O)[O-]. The molecule has 0 aliphatic carbocycles. The molecule has 148 valence electrons. The fraction of sp³-hybridized carbons (Fsp3) is 0.381. The van der Waals surface area contributed by atoms with Gasteiger partial charge in [-0.3, -0.25) is 19.8 Å². The zero-order chi connectivity index (χ0) is 20.1. The number of aliphatic hydroxyl groups is 1. The molecule has 0 radical (unpaired) electrons. The second-order valence-corrected chi connectivity index (χ2v) is 7.22. The van der Waals surface area contributed by atoms with Crippen LogP contribution in [0.25, 0.3) is 0 Å². The normalized spacial score (nSPS) is 16.5. The Morgan fingerprint density at radius 1 is 1.21 bits per heavy atom. The zero-order valence-electron chi connectivity index (χ0n) is 15.9. The molecule has 7 heteroatoms. The lowest BCUT2D eigenvalue weighted by Gasteiger charge is -2.34. The van der Waals surface area contributed by atoms with Crippen LogP contribution in [-0.4, -0.2) is 40.5 Å². The molecule has 1 atom stereocenters. The zero-order valence-corrected chi connectivity index (χ0v) is 15.9. The first-order valence-corrected chi connectivity index (χ1v) is 9.45. The lowest BCUT2D eigenvalue weighted by Crippen LogP contribution is -2.40. The molecule has 0 bridgehead atoms. The monoisotopic (exact) mass is 383 g/mol. The maximum absolute atomic E-state index is 12.4. The Kier molecular flexibility index (Phi) is 6.38. The number of aliphatic hydroxyl groups excluding tert-OH is 1. The van der Waals surface area contributed by atoms with E-state index in [-0.39, 0.29) is 24.1 Å². The maximum Gasteiger partial charge on any atom is 0.274 e. The van der Waals surface area contributed by atoms with E-state index in [1.807, 2.05) is 30.3 Å². The van der Waals surface area contributed by atoms with Gasteiger partial charge in [-0.05, 0) is 50.4 Å². The smallest absolute Gasteiger partial charge is 0.274 e. The van der Waals surface area contributed by atoms with Gasteiger partial charge in [-0.15, -0.1) is 0 Å². The van der Waals surface area contributed by atoms with E-state index in [4.69, 9.17) is 0 Å². The number of likely N-dealkylation sites (tertiary alicyclic amines) is 1. The highest BCUT2D eigenvalue weighted by molar-refractivity contribution is 5.93. The minimum absolute atomic E-state index is 0.00601. The molecular weight excluding hydrogens is 358 g/mol. The van der Waals surface area contributed by atoms with E-state index in [0.717, 1.165) is 31.5 Å². The number of nitrogens with one attached hydrogen (secondary N) is 1. The van der Waals surface area contributed by atoms with Gasteiger partial charge in [-0.2, -0.15) is 0 Å². The van der Waals surface area contributed by atoms with Crippen LogP contribution in [0.5, 0.6) is 0 Å². The van der Waals surface area contributed by atoms with Gasteiger partial charge in [0.25, 0.3) is 5.69 Å². The number of piperidine rings is 1. The Hall–Kier alpha value is -2.77. The van der Waals surface area contributed by atoms with Crippen molar-refractivity contribution in [2.75, 3.05) is 25.0 Å². The Morgan fingerprint density at radius 3 is 2.54 bits per heavy atom. The van der Waals surface area contributed by atoms with Crippen molar-refractivity contribution >= 4 is 17.3 Å². The number of nitro groups is 1. The van der Waals surface area contributed by atoms with E-state index in [1.165, 1.54) is 6.07 Å². The molecule has 0 aromatic heterocycles. The molecule has 3 rings (SSSR count). The van der Waals surface area contributed by atoms with Crippen LogP contribution >= 0.6 is 0 Å². The minimum atomic E-state index is -0.482. The highest BCUT2D eigenvalue weighted by Gasteiger charge is 2.27. The summed E-state index contributed by atoms with van der Waals surface area (Å²) in [6.45, 7) is 3.33. The number of nitro benzene ring substituents is 1. The number of benzene rings is 2. The fourth-order valence-corrected chi connectivity index (χ4v) is 3.70. The second-order valence-electron chi connectivity index (χ2n) is 7.22. The number of nitrogens with zero attached hydrogens (tertiary/aromatic N) is 2. The average Bonchev–Trinajstić information content (AvgIpc) is 2.70. The highest BCUT2D eigenvalue weighted by atomic mass is 16.6. The summed E-state index contributed by atoms with van der Waals surface area (Å²) in [5.74, 6) is -0.00798. The predicted molar refractivity (Wildman–Crippen MR) is 107 cm³/mol. The van der Waals surface area contributed by atoms with Gasteiger partial charge in [0.05, 0.1) is 28.8 Å². The summed E-state index contributed by atoms with van der Waals surface area (Å²) in [5, 5.41) is 24.4. The molecule has 1 unspecified atom stereocenters. The van der Waals surface area contributed by atoms with Crippen LogP contribution in [0.2, 0.25) is 0 Å². The number of rotatable bonds is 6. The van der Waals surface area contributed by atoms with E-state index in [2.05, 4.69) is 10.2 Å². The van der Waals surface area contributed by atoms with Gasteiger partial charge in [0.1, 0.15) is 0 Å². The number of carbonyl (C=O) groups is 1. The molecule has 2 aromatic rings. The summed E-state index contributed by atoms with van der Waals surface area (Å²) < 4.78 is 0. The van der Waals surface area contributed by atoms with Crippen LogP contribution in [-0.2, 0) is 4.79 Å². The van der Waals surface area contributed by atoms with E-state index < -0.39 is 11.0 Å². The molecule has 0 saturated carbocycles. The molecule has 2 aromatic carbocycles. The molecule has 1 fully saturated rings. The van der Waals surface area contributed by atoms with Crippen molar-refractivity contribution in [2.45, 2.75) is 25.9 Å². The summed E-state index contributed by atoms with van der Waals surface area (Å²) in [5.41, 5.74) is 1.84. The van der Waals surface area contributed by atoms with Crippen molar-refractivity contribution in [3.63, 3.8) is 0 Å². The third kappa shape index (κ3) is 4.74. The summed E-state index contributed by atoms with van der Waals surface area (Å²) in [7, 11) is 0. The predicted octanol–water partition coefficient (Wildman–Crippen LogP) is 3.29. The number of hydrogen-bond donors (Lipinski definition) is 2. The standard InChI is InChI=1S/C21H25N3O4/c1-15-18(8-5-9-19(15)24(27)28)22-20(25)14-23-12-10-17(11-13-23)21(26)16-6-3-2-4-7-16/h2-9,17,21,26H,10-14H2,1H3,(H,22,25). The molecule has 1 amide bonds. The van der Waals surface area contributed by atoms with Crippen molar-refractivity contribution < 1.29 is 14.8 Å². The van der Waals surface area contributed by atoms with Crippen molar-refractivity contribution in [3.8, 4) is 0 Å². The lowest BCUT2D eigenvalue weighted by atomic mass is 9.87. The van der Waals surface area contributed by atoms with Crippen LogP contribution < -0.4 is 5.32 Å². The van der Waals surface area contributed by atoms with E-state index in [1.54, 1.807) is 19.1 Å². The van der Waals surface area contributed by atoms with E-state index in [0.29, 0.717) is 11.3 Å². The molecule has 0 spiro atoms. The summed E-state index contributed by atoms with van der Waals surface area (Å²) in [4.78, 5) is 25.0. The first-order chi connectivity index (χ1) is 13.5. The Labute approximate surface area is 164 Å². The molecule has 2 N–H and O–H groups in total. The Bertz CT molecular complexity index is 833. The third-order valence-corrected chi connectivity index (χ3v) is 5.36. The number of hydrogen-bond acceptors (Lipinski definition) is 5. The maximum atomic E-state index is 12.4. The van der Waals surface area contributed by atoms with Crippen molar-refractivity contribution in [3.05, 3.63) is 69.8 Å². The van der Waals surface area contributed by atoms with Crippen molar-refractivity contribution in [2.24, 2.45) is 5.92 Å². The van der Waals surface area contributed by atoms with Gasteiger partial charge >= 0.3 is 0 Å². The van der Waals surface area contributed by atoms with Crippen LogP contribution in [0, 0.1) is 23.0 Å². The molecule has 1 saturated heterocycles. The topological polar surface area (TPSA) is 95.7 Å². The molecule has 1 heterocycles. The quantitative estimate of drug-likeness (QED) is 0.589. The van der Waals surface area contributed by atoms with Gasteiger partial charge < -0.3 is 10.4 Å². The second kappa shape index (κ2) is 8.95. The summed E-state index contributed by atoms with van der Waals surface area (Å²) >= 11 is 0. The molecule has 7 nitrogen and oxygen atoms in total.